The van der Waals surface area contributed by atoms with E-state index in [1.54, 1.807) is 6.92 Å². The number of halogens is 5. The molecule has 1 aliphatic rings. The van der Waals surface area contributed by atoms with Gasteiger partial charge < -0.3 is 14.9 Å². The summed E-state index contributed by atoms with van der Waals surface area (Å²) in [4.78, 5) is 26.4. The predicted octanol–water partition coefficient (Wildman–Crippen LogP) is 2.20. The lowest BCUT2D eigenvalue weighted by atomic mass is 9.91. The van der Waals surface area contributed by atoms with Crippen LogP contribution in [-0.2, 0) is 4.79 Å². The highest BCUT2D eigenvalue weighted by molar-refractivity contribution is 5.94. The fourth-order valence-corrected chi connectivity index (χ4v) is 3.23. The van der Waals surface area contributed by atoms with Gasteiger partial charge in [-0.2, -0.15) is 13.2 Å². The Balaban J connectivity index is 2.07. The zero-order valence-corrected chi connectivity index (χ0v) is 14.6. The molecule has 0 bridgehead atoms. The fraction of sp³-hybridized carbons (Fsp3) is 0.529. The van der Waals surface area contributed by atoms with Gasteiger partial charge in [-0.05, 0) is 24.5 Å². The second-order valence-corrected chi connectivity index (χ2v) is 6.60. The number of amides is 2. The van der Waals surface area contributed by atoms with Crippen LogP contribution in [0.2, 0.25) is 0 Å². The Labute approximate surface area is 152 Å². The van der Waals surface area contributed by atoms with Gasteiger partial charge in [-0.1, -0.05) is 6.92 Å². The maximum atomic E-state index is 13.8. The standard InChI is InChI=1S/C17H19F5N2O3/c1-9-8-24(16(27)14(25)17(20,21)22)6-5-13(9)23(2)15(26)11-4-3-10(18)7-12(11)19/h3-4,7,9,13-14,25H,5-6,8H2,1-2H3/t9-,13+,14-/m1/s1. The van der Waals surface area contributed by atoms with Crippen LogP contribution in [0.4, 0.5) is 22.0 Å². The van der Waals surface area contributed by atoms with E-state index in [-0.39, 0.29) is 25.1 Å². The molecule has 1 heterocycles. The van der Waals surface area contributed by atoms with Crippen molar-refractivity contribution in [3.63, 3.8) is 0 Å². The molecule has 0 aliphatic carbocycles. The van der Waals surface area contributed by atoms with Crippen molar-refractivity contribution in [3.05, 3.63) is 35.4 Å². The van der Waals surface area contributed by atoms with Gasteiger partial charge >= 0.3 is 6.18 Å². The van der Waals surface area contributed by atoms with Crippen molar-refractivity contribution >= 4 is 11.8 Å². The fourth-order valence-electron chi connectivity index (χ4n) is 3.23. The summed E-state index contributed by atoms with van der Waals surface area (Å²) < 4.78 is 64.3. The van der Waals surface area contributed by atoms with E-state index in [4.69, 9.17) is 5.11 Å². The van der Waals surface area contributed by atoms with Crippen molar-refractivity contribution in [3.8, 4) is 0 Å². The van der Waals surface area contributed by atoms with Gasteiger partial charge in [0.2, 0.25) is 6.10 Å². The molecule has 0 saturated carbocycles. The van der Waals surface area contributed by atoms with Crippen LogP contribution in [0.1, 0.15) is 23.7 Å². The van der Waals surface area contributed by atoms with Crippen LogP contribution in [-0.4, -0.2) is 65.2 Å². The summed E-state index contributed by atoms with van der Waals surface area (Å²) in [6.07, 6.45) is -7.99. The molecule has 1 saturated heterocycles. The maximum absolute atomic E-state index is 13.8. The molecule has 1 aromatic rings. The SMILES string of the molecule is C[C@@H]1CN(C(=O)[C@@H](O)C(F)(F)F)CC[C@@H]1N(C)C(=O)c1ccc(F)cc1F. The third kappa shape index (κ3) is 4.55. The van der Waals surface area contributed by atoms with E-state index in [1.807, 2.05) is 0 Å². The van der Waals surface area contributed by atoms with E-state index >= 15 is 0 Å². The van der Waals surface area contributed by atoms with Gasteiger partial charge in [-0.15, -0.1) is 0 Å². The van der Waals surface area contributed by atoms with Crippen molar-refractivity contribution in [1.82, 2.24) is 9.80 Å². The van der Waals surface area contributed by atoms with Gasteiger partial charge in [0.15, 0.2) is 0 Å². The molecular weight excluding hydrogens is 375 g/mol. The third-order valence-corrected chi connectivity index (χ3v) is 4.69. The Bertz CT molecular complexity index is 725. The molecule has 1 aliphatic heterocycles. The second-order valence-electron chi connectivity index (χ2n) is 6.60. The molecular formula is C17H19F5N2O3. The van der Waals surface area contributed by atoms with Crippen LogP contribution >= 0.6 is 0 Å². The molecule has 0 unspecified atom stereocenters. The van der Waals surface area contributed by atoms with Crippen molar-refractivity contribution in [2.75, 3.05) is 20.1 Å². The van der Waals surface area contributed by atoms with Crippen LogP contribution in [0.5, 0.6) is 0 Å². The van der Waals surface area contributed by atoms with Gasteiger partial charge in [-0.3, -0.25) is 9.59 Å². The van der Waals surface area contributed by atoms with Crippen LogP contribution in [0.25, 0.3) is 0 Å². The van der Waals surface area contributed by atoms with E-state index in [9.17, 15) is 31.5 Å². The molecule has 0 aromatic heterocycles. The number of aliphatic hydroxyl groups excluding tert-OH is 1. The van der Waals surface area contributed by atoms with E-state index < -0.39 is 47.7 Å². The summed E-state index contributed by atoms with van der Waals surface area (Å²) >= 11 is 0. The quantitative estimate of drug-likeness (QED) is 0.800. The lowest BCUT2D eigenvalue weighted by molar-refractivity contribution is -0.211. The van der Waals surface area contributed by atoms with Gasteiger partial charge in [0.05, 0.1) is 5.56 Å². The molecule has 0 spiro atoms. The number of carbonyl (C=O) groups excluding carboxylic acids is 2. The molecule has 1 fully saturated rings. The summed E-state index contributed by atoms with van der Waals surface area (Å²) in [5.41, 5.74) is -0.322. The molecule has 2 rings (SSSR count). The van der Waals surface area contributed by atoms with Gasteiger partial charge in [-0.25, -0.2) is 8.78 Å². The molecule has 3 atom stereocenters. The molecule has 5 nitrogen and oxygen atoms in total. The number of nitrogens with zero attached hydrogens (tertiary/aromatic N) is 2. The van der Waals surface area contributed by atoms with Crippen LogP contribution in [0, 0.1) is 17.6 Å². The number of hydrogen-bond acceptors (Lipinski definition) is 3. The molecule has 0 radical (unpaired) electrons. The normalized spacial score (nSPS) is 21.7. The Morgan fingerprint density at radius 1 is 1.30 bits per heavy atom. The second kappa shape index (κ2) is 7.79. The Kier molecular flexibility index (Phi) is 6.08. The highest BCUT2D eigenvalue weighted by Crippen LogP contribution is 2.27. The molecule has 1 aromatic carbocycles. The first kappa shape index (κ1) is 21.1. The topological polar surface area (TPSA) is 60.9 Å². The molecule has 150 valence electrons. The largest absolute Gasteiger partial charge is 0.423 e. The summed E-state index contributed by atoms with van der Waals surface area (Å²) in [7, 11) is 1.41. The summed E-state index contributed by atoms with van der Waals surface area (Å²) in [6.45, 7) is 1.44. The number of likely N-dealkylation sites (tertiary alicyclic amines) is 1. The minimum absolute atomic E-state index is 0.0928. The average molecular weight is 394 g/mol. The molecule has 2 amide bonds. The summed E-state index contributed by atoms with van der Waals surface area (Å²) in [6, 6.07) is 2.10. The molecule has 27 heavy (non-hydrogen) atoms. The zero-order valence-electron chi connectivity index (χ0n) is 14.6. The van der Waals surface area contributed by atoms with Crippen molar-refractivity contribution in [2.24, 2.45) is 5.92 Å². The monoisotopic (exact) mass is 394 g/mol. The lowest BCUT2D eigenvalue weighted by Gasteiger charge is -2.41. The average Bonchev–Trinajstić information content (AvgIpc) is 2.58. The van der Waals surface area contributed by atoms with E-state index in [2.05, 4.69) is 0 Å². The van der Waals surface area contributed by atoms with E-state index in [0.717, 1.165) is 17.0 Å². The predicted molar refractivity (Wildman–Crippen MR) is 84.7 cm³/mol. The zero-order chi connectivity index (χ0) is 20.5. The minimum atomic E-state index is -5.05. The third-order valence-electron chi connectivity index (χ3n) is 4.69. The Morgan fingerprint density at radius 3 is 2.44 bits per heavy atom. The molecule has 1 N–H and O–H groups in total. The molecule has 10 heteroatoms. The van der Waals surface area contributed by atoms with Crippen LogP contribution < -0.4 is 0 Å². The highest BCUT2D eigenvalue weighted by Gasteiger charge is 2.46. The Morgan fingerprint density at radius 2 is 1.93 bits per heavy atom. The van der Waals surface area contributed by atoms with Gasteiger partial charge in [0, 0.05) is 32.2 Å². The van der Waals surface area contributed by atoms with Gasteiger partial charge in [0.25, 0.3) is 11.8 Å². The number of carbonyl (C=O) groups is 2. The van der Waals surface area contributed by atoms with Crippen LogP contribution in [0.15, 0.2) is 18.2 Å². The van der Waals surface area contributed by atoms with Gasteiger partial charge in [0.1, 0.15) is 11.6 Å². The highest BCUT2D eigenvalue weighted by atomic mass is 19.4. The minimum Gasteiger partial charge on any atom is -0.376 e. The summed E-state index contributed by atoms with van der Waals surface area (Å²) in [5.74, 6) is -4.39. The Hall–Kier alpha value is -2.23. The van der Waals surface area contributed by atoms with Crippen molar-refractivity contribution in [2.45, 2.75) is 31.7 Å². The summed E-state index contributed by atoms with van der Waals surface area (Å²) in [5, 5.41) is 9.10. The number of hydrogen-bond donors (Lipinski definition) is 1. The first-order valence-electron chi connectivity index (χ1n) is 8.19. The number of benzene rings is 1. The van der Waals surface area contributed by atoms with Crippen LogP contribution in [0.3, 0.4) is 0 Å². The number of rotatable bonds is 3. The lowest BCUT2D eigenvalue weighted by Crippen LogP contribution is -2.55. The smallest absolute Gasteiger partial charge is 0.376 e. The number of alkyl halides is 3. The first-order chi connectivity index (χ1) is 12.4. The number of aliphatic hydroxyl groups is 1. The van der Waals surface area contributed by atoms with E-state index in [0.29, 0.717) is 6.07 Å². The van der Waals surface area contributed by atoms with E-state index in [1.165, 1.54) is 11.9 Å². The van der Waals surface area contributed by atoms with Crippen molar-refractivity contribution < 1.29 is 36.6 Å². The first-order valence-corrected chi connectivity index (χ1v) is 8.19. The number of piperidine rings is 1. The maximum Gasteiger partial charge on any atom is 0.423 e. The van der Waals surface area contributed by atoms with Crippen molar-refractivity contribution in [1.29, 1.82) is 0 Å².